The molecule has 1 amide bonds. The van der Waals surface area contributed by atoms with Crippen LogP contribution in [0.2, 0.25) is 0 Å². The Bertz CT molecular complexity index is 1090. The Balaban J connectivity index is 2.24. The molecule has 7 nitrogen and oxygen atoms in total. The molecular weight excluding hydrogens is 442 g/mol. The van der Waals surface area contributed by atoms with Gasteiger partial charge in [-0.2, -0.15) is 13.2 Å². The van der Waals surface area contributed by atoms with E-state index in [-0.39, 0.29) is 40.3 Å². The Morgan fingerprint density at radius 2 is 1.84 bits per heavy atom. The fraction of sp³-hybridized carbons (Fsp3) is 0.632. The number of fused-ring (bicyclic) bond motifs is 1. The maximum absolute atomic E-state index is 14.7. The highest BCUT2D eigenvalue weighted by molar-refractivity contribution is 7.20. The molecule has 0 bridgehead atoms. The zero-order chi connectivity index (χ0) is 23.1. The van der Waals surface area contributed by atoms with Gasteiger partial charge >= 0.3 is 11.9 Å². The molecule has 31 heavy (non-hydrogen) atoms. The van der Waals surface area contributed by atoms with E-state index in [0.717, 1.165) is 16.1 Å². The standard InChI is InChI=1S/C19H23F4N3O4S/c1-3-25-15(28)13-12(10(2)20)14(16(29)24-7-4-11(27)5-8-24)31-17(13)26(18(25)30)9-6-19(21,22)23/h10-11,27H,3-9H2,1-2H3. The van der Waals surface area contributed by atoms with Crippen LogP contribution in [0.1, 0.15) is 54.5 Å². The minimum atomic E-state index is -4.54. The van der Waals surface area contributed by atoms with Gasteiger partial charge in [-0.15, -0.1) is 11.3 Å². The second-order valence-electron chi connectivity index (χ2n) is 7.51. The van der Waals surface area contributed by atoms with Crippen LogP contribution in [0, 0.1) is 0 Å². The number of halogens is 4. The highest BCUT2D eigenvalue weighted by Gasteiger charge is 2.33. The van der Waals surface area contributed by atoms with Gasteiger partial charge in [-0.3, -0.25) is 18.7 Å². The fourth-order valence-corrected chi connectivity index (χ4v) is 5.11. The van der Waals surface area contributed by atoms with Gasteiger partial charge in [0.05, 0.1) is 17.9 Å². The number of hydrogen-bond acceptors (Lipinski definition) is 5. The summed E-state index contributed by atoms with van der Waals surface area (Å²) in [6, 6.07) is 0. The van der Waals surface area contributed by atoms with Crippen LogP contribution in [0.3, 0.4) is 0 Å². The summed E-state index contributed by atoms with van der Waals surface area (Å²) in [5.74, 6) is -0.565. The molecular formula is C19H23F4N3O4S. The fourth-order valence-electron chi connectivity index (χ4n) is 3.75. The first kappa shape index (κ1) is 23.5. The van der Waals surface area contributed by atoms with E-state index >= 15 is 0 Å². The highest BCUT2D eigenvalue weighted by Crippen LogP contribution is 2.36. The molecule has 12 heteroatoms. The quantitative estimate of drug-likeness (QED) is 0.689. The summed E-state index contributed by atoms with van der Waals surface area (Å²) in [6.07, 6.45) is -7.47. The number of thiophene rings is 1. The van der Waals surface area contributed by atoms with Crippen LogP contribution in [-0.2, 0) is 13.1 Å². The van der Waals surface area contributed by atoms with E-state index in [1.807, 2.05) is 0 Å². The largest absolute Gasteiger partial charge is 0.393 e. The van der Waals surface area contributed by atoms with Crippen LogP contribution in [0.4, 0.5) is 17.6 Å². The molecule has 1 fully saturated rings. The first-order chi connectivity index (χ1) is 14.5. The van der Waals surface area contributed by atoms with Crippen LogP contribution in [0.25, 0.3) is 10.2 Å². The number of aromatic nitrogens is 2. The van der Waals surface area contributed by atoms with Crippen molar-refractivity contribution in [3.63, 3.8) is 0 Å². The number of aliphatic hydroxyl groups is 1. The lowest BCUT2D eigenvalue weighted by atomic mass is 10.1. The third kappa shape index (κ3) is 4.54. The van der Waals surface area contributed by atoms with Gasteiger partial charge in [0.15, 0.2) is 0 Å². The molecule has 1 unspecified atom stereocenters. The minimum absolute atomic E-state index is 0.104. The van der Waals surface area contributed by atoms with E-state index in [1.54, 1.807) is 0 Å². The number of carbonyl (C=O) groups excluding carboxylic acids is 1. The normalized spacial score (nSPS) is 16.8. The molecule has 0 radical (unpaired) electrons. The summed E-state index contributed by atoms with van der Waals surface area (Å²) in [5.41, 5.74) is -1.96. The molecule has 1 N–H and O–H groups in total. The lowest BCUT2D eigenvalue weighted by molar-refractivity contribution is -0.136. The van der Waals surface area contributed by atoms with Crippen molar-refractivity contribution < 1.29 is 27.5 Å². The van der Waals surface area contributed by atoms with Crippen molar-refractivity contribution in [2.75, 3.05) is 13.1 Å². The number of amides is 1. The van der Waals surface area contributed by atoms with Crippen LogP contribution >= 0.6 is 11.3 Å². The minimum Gasteiger partial charge on any atom is -0.393 e. The van der Waals surface area contributed by atoms with E-state index in [1.165, 1.54) is 11.8 Å². The molecule has 3 heterocycles. The number of rotatable bonds is 5. The van der Waals surface area contributed by atoms with Gasteiger partial charge in [-0.25, -0.2) is 9.18 Å². The van der Waals surface area contributed by atoms with Crippen LogP contribution in [-0.4, -0.2) is 50.4 Å². The van der Waals surface area contributed by atoms with Gasteiger partial charge in [0, 0.05) is 31.7 Å². The molecule has 2 aromatic rings. The third-order valence-corrected chi connectivity index (χ3v) is 6.59. The van der Waals surface area contributed by atoms with Gasteiger partial charge in [0.25, 0.3) is 11.5 Å². The number of nitrogens with zero attached hydrogens (tertiary/aromatic N) is 3. The molecule has 1 aliphatic heterocycles. The number of aryl methyl sites for hydroxylation is 1. The third-order valence-electron chi connectivity index (χ3n) is 5.37. The van der Waals surface area contributed by atoms with Crippen molar-refractivity contribution in [1.82, 2.24) is 14.0 Å². The Morgan fingerprint density at radius 1 is 1.23 bits per heavy atom. The second kappa shape index (κ2) is 8.73. The molecule has 1 aliphatic rings. The molecule has 0 aliphatic carbocycles. The average Bonchev–Trinajstić information content (AvgIpc) is 3.08. The van der Waals surface area contributed by atoms with Crippen molar-refractivity contribution in [2.24, 2.45) is 0 Å². The molecule has 0 spiro atoms. The Hall–Kier alpha value is -2.21. The summed E-state index contributed by atoms with van der Waals surface area (Å²) in [4.78, 5) is 39.9. The van der Waals surface area contributed by atoms with Gasteiger partial charge in [-0.1, -0.05) is 0 Å². The zero-order valence-corrected chi connectivity index (χ0v) is 17.9. The number of alkyl halides is 4. The number of likely N-dealkylation sites (tertiary alicyclic amines) is 1. The van der Waals surface area contributed by atoms with Crippen LogP contribution < -0.4 is 11.2 Å². The Morgan fingerprint density at radius 3 is 2.35 bits per heavy atom. The van der Waals surface area contributed by atoms with Gasteiger partial charge in [-0.05, 0) is 26.7 Å². The molecule has 0 aromatic carbocycles. The summed E-state index contributed by atoms with van der Waals surface area (Å²) in [6.45, 7) is 2.23. The molecule has 3 rings (SSSR count). The van der Waals surface area contributed by atoms with E-state index in [9.17, 15) is 37.1 Å². The van der Waals surface area contributed by atoms with E-state index in [4.69, 9.17) is 0 Å². The first-order valence-electron chi connectivity index (χ1n) is 9.94. The summed E-state index contributed by atoms with van der Waals surface area (Å²) < 4.78 is 54.7. The maximum Gasteiger partial charge on any atom is 0.390 e. The van der Waals surface area contributed by atoms with Gasteiger partial charge in [0.2, 0.25) is 0 Å². The Kier molecular flexibility index (Phi) is 6.61. The van der Waals surface area contributed by atoms with Crippen molar-refractivity contribution in [3.8, 4) is 0 Å². The highest BCUT2D eigenvalue weighted by atomic mass is 32.1. The van der Waals surface area contributed by atoms with Gasteiger partial charge < -0.3 is 10.0 Å². The van der Waals surface area contributed by atoms with E-state index in [2.05, 4.69) is 0 Å². The molecule has 172 valence electrons. The summed E-state index contributed by atoms with van der Waals surface area (Å²) in [5, 5.41) is 9.42. The van der Waals surface area contributed by atoms with E-state index < -0.39 is 48.6 Å². The lowest BCUT2D eigenvalue weighted by Crippen LogP contribution is -2.40. The van der Waals surface area contributed by atoms with Crippen LogP contribution in [0.15, 0.2) is 9.59 Å². The molecule has 2 aromatic heterocycles. The number of hydrogen-bond donors (Lipinski definition) is 1. The smallest absolute Gasteiger partial charge is 0.390 e. The van der Waals surface area contributed by atoms with Crippen molar-refractivity contribution >= 4 is 27.5 Å². The summed E-state index contributed by atoms with van der Waals surface area (Å²) in [7, 11) is 0. The molecule has 1 atom stereocenters. The number of piperidine rings is 1. The van der Waals surface area contributed by atoms with Crippen molar-refractivity contribution in [1.29, 1.82) is 0 Å². The SMILES string of the molecule is CCn1c(=O)c2c(C(C)F)c(C(=O)N3CCC(O)CC3)sc2n(CCC(F)(F)F)c1=O. The second-order valence-corrected chi connectivity index (χ2v) is 8.51. The van der Waals surface area contributed by atoms with Crippen molar-refractivity contribution in [3.05, 3.63) is 31.3 Å². The predicted molar refractivity (Wildman–Crippen MR) is 107 cm³/mol. The molecule has 1 saturated heterocycles. The zero-order valence-electron chi connectivity index (χ0n) is 17.0. The Labute approximate surface area is 178 Å². The molecule has 0 saturated carbocycles. The number of aliphatic hydroxyl groups excluding tert-OH is 1. The van der Waals surface area contributed by atoms with Crippen molar-refractivity contribution in [2.45, 2.75) is 64.7 Å². The number of carbonyl (C=O) groups is 1. The first-order valence-corrected chi connectivity index (χ1v) is 10.8. The predicted octanol–water partition coefficient (Wildman–Crippen LogP) is 2.82. The average molecular weight is 465 g/mol. The summed E-state index contributed by atoms with van der Waals surface area (Å²) >= 11 is 0.668. The van der Waals surface area contributed by atoms with Crippen LogP contribution in [0.5, 0.6) is 0 Å². The topological polar surface area (TPSA) is 84.5 Å². The van der Waals surface area contributed by atoms with E-state index in [0.29, 0.717) is 24.2 Å². The lowest BCUT2D eigenvalue weighted by Gasteiger charge is -2.29. The maximum atomic E-state index is 14.7. The van der Waals surface area contributed by atoms with Gasteiger partial charge in [0.1, 0.15) is 15.9 Å². The monoisotopic (exact) mass is 465 g/mol.